The lowest BCUT2D eigenvalue weighted by atomic mass is 9.94. The third-order valence-electron chi connectivity index (χ3n) is 3.82. The van der Waals surface area contributed by atoms with Gasteiger partial charge in [-0.25, -0.2) is 0 Å². The molecule has 1 aliphatic heterocycles. The Hall–Kier alpha value is -1.55. The van der Waals surface area contributed by atoms with Crippen molar-refractivity contribution in [1.82, 2.24) is 0 Å². The predicted molar refractivity (Wildman–Crippen MR) is 77.4 cm³/mol. The quantitative estimate of drug-likeness (QED) is 0.844. The smallest absolute Gasteiger partial charge is 0.323 e. The molecule has 1 saturated heterocycles. The Labute approximate surface area is 120 Å². The van der Waals surface area contributed by atoms with Crippen LogP contribution in [0.2, 0.25) is 0 Å². The van der Waals surface area contributed by atoms with Crippen LogP contribution in [-0.4, -0.2) is 24.2 Å². The molecule has 0 radical (unpaired) electrons. The zero-order valence-corrected chi connectivity index (χ0v) is 12.1. The number of cyclic esters (lactones) is 1. The molecule has 1 aromatic rings. The van der Waals surface area contributed by atoms with Gasteiger partial charge in [0.1, 0.15) is 24.0 Å². The summed E-state index contributed by atoms with van der Waals surface area (Å²) in [5, 5.41) is 0. The molecule has 110 valence electrons. The Morgan fingerprint density at radius 3 is 2.60 bits per heavy atom. The Morgan fingerprint density at radius 1 is 1.20 bits per heavy atom. The summed E-state index contributed by atoms with van der Waals surface area (Å²) in [4.78, 5) is 11.8. The van der Waals surface area contributed by atoms with Crippen molar-refractivity contribution in [3.63, 3.8) is 0 Å². The molecule has 4 nitrogen and oxygen atoms in total. The summed E-state index contributed by atoms with van der Waals surface area (Å²) in [7, 11) is 0. The van der Waals surface area contributed by atoms with E-state index in [1.807, 2.05) is 37.3 Å². The van der Waals surface area contributed by atoms with Crippen molar-refractivity contribution in [3.05, 3.63) is 30.3 Å². The average Bonchev–Trinajstić information content (AvgIpc) is 2.48. The molecule has 2 N–H and O–H groups in total. The number of benzene rings is 1. The highest BCUT2D eigenvalue weighted by Crippen LogP contribution is 2.25. The highest BCUT2D eigenvalue weighted by atomic mass is 16.6. The molecule has 0 bridgehead atoms. The Kier molecular flexibility index (Phi) is 5.01. The third kappa shape index (κ3) is 3.73. The molecule has 0 amide bonds. The molecule has 1 aliphatic rings. The molecule has 0 aliphatic carbocycles. The van der Waals surface area contributed by atoms with E-state index in [9.17, 15) is 4.79 Å². The van der Waals surface area contributed by atoms with Crippen molar-refractivity contribution in [2.75, 3.05) is 0 Å². The van der Waals surface area contributed by atoms with E-state index in [1.165, 1.54) is 0 Å². The first-order valence-corrected chi connectivity index (χ1v) is 7.25. The van der Waals surface area contributed by atoms with Gasteiger partial charge in [-0.2, -0.15) is 0 Å². The van der Waals surface area contributed by atoms with Gasteiger partial charge in [0.05, 0.1) is 0 Å². The highest BCUT2D eigenvalue weighted by Gasteiger charge is 2.31. The second-order valence-corrected chi connectivity index (χ2v) is 5.55. The molecule has 0 aromatic heterocycles. The van der Waals surface area contributed by atoms with E-state index in [-0.39, 0.29) is 18.2 Å². The van der Waals surface area contributed by atoms with Crippen LogP contribution in [0.4, 0.5) is 0 Å². The lowest BCUT2D eigenvalue weighted by molar-refractivity contribution is -0.155. The standard InChI is InChI=1S/C16H23NO3/c1-11-7-6-10-14(17)16(18)19-12(2)15(11)20-13-8-4-3-5-9-13/h3-5,8-9,11-12,14-15H,6-7,10,17H2,1-2H3. The molecular weight excluding hydrogens is 254 g/mol. The number of hydrogen-bond donors (Lipinski definition) is 1. The molecule has 1 heterocycles. The number of hydrogen-bond acceptors (Lipinski definition) is 4. The van der Waals surface area contributed by atoms with E-state index < -0.39 is 6.04 Å². The summed E-state index contributed by atoms with van der Waals surface area (Å²) >= 11 is 0. The van der Waals surface area contributed by atoms with E-state index in [2.05, 4.69) is 6.92 Å². The zero-order valence-electron chi connectivity index (χ0n) is 12.1. The summed E-state index contributed by atoms with van der Waals surface area (Å²) in [5.74, 6) is 0.785. The third-order valence-corrected chi connectivity index (χ3v) is 3.82. The number of ether oxygens (including phenoxy) is 2. The Bertz CT molecular complexity index is 435. The van der Waals surface area contributed by atoms with Crippen LogP contribution in [0.15, 0.2) is 30.3 Å². The first-order valence-electron chi connectivity index (χ1n) is 7.25. The van der Waals surface area contributed by atoms with Crippen molar-refractivity contribution in [1.29, 1.82) is 0 Å². The van der Waals surface area contributed by atoms with Gasteiger partial charge < -0.3 is 15.2 Å². The van der Waals surface area contributed by atoms with Crippen LogP contribution < -0.4 is 10.5 Å². The van der Waals surface area contributed by atoms with Gasteiger partial charge in [-0.3, -0.25) is 4.79 Å². The second-order valence-electron chi connectivity index (χ2n) is 5.55. The van der Waals surface area contributed by atoms with Gasteiger partial charge in [0.2, 0.25) is 0 Å². The molecule has 4 atom stereocenters. The summed E-state index contributed by atoms with van der Waals surface area (Å²) in [6.45, 7) is 4.01. The van der Waals surface area contributed by atoms with E-state index in [4.69, 9.17) is 15.2 Å². The van der Waals surface area contributed by atoms with Crippen molar-refractivity contribution < 1.29 is 14.3 Å². The highest BCUT2D eigenvalue weighted by molar-refractivity contribution is 5.75. The fraction of sp³-hybridized carbons (Fsp3) is 0.562. The van der Waals surface area contributed by atoms with Gasteiger partial charge in [-0.15, -0.1) is 0 Å². The SMILES string of the molecule is CC1CCCC(N)C(=O)OC(C)C1Oc1ccccc1. The summed E-state index contributed by atoms with van der Waals surface area (Å²) in [6, 6.07) is 9.13. The molecule has 4 unspecified atom stereocenters. The molecule has 0 saturated carbocycles. The van der Waals surface area contributed by atoms with Gasteiger partial charge in [0.15, 0.2) is 0 Å². The number of carbonyl (C=O) groups is 1. The average molecular weight is 277 g/mol. The molecule has 20 heavy (non-hydrogen) atoms. The predicted octanol–water partition coefficient (Wildman–Crippen LogP) is 2.51. The van der Waals surface area contributed by atoms with Crippen molar-refractivity contribution in [2.45, 2.75) is 51.4 Å². The van der Waals surface area contributed by atoms with Crippen LogP contribution in [0.5, 0.6) is 5.75 Å². The minimum Gasteiger partial charge on any atom is -0.486 e. The van der Waals surface area contributed by atoms with E-state index in [0.717, 1.165) is 18.6 Å². The normalized spacial score (nSPS) is 31.6. The maximum atomic E-state index is 11.8. The topological polar surface area (TPSA) is 61.6 Å². The van der Waals surface area contributed by atoms with Gasteiger partial charge >= 0.3 is 5.97 Å². The minimum atomic E-state index is -0.514. The molecule has 2 rings (SSSR count). The summed E-state index contributed by atoms with van der Waals surface area (Å²) in [6.07, 6.45) is 2.12. The van der Waals surface area contributed by atoms with Crippen LogP contribution in [0, 0.1) is 5.92 Å². The van der Waals surface area contributed by atoms with Crippen LogP contribution in [0.1, 0.15) is 33.1 Å². The van der Waals surface area contributed by atoms with Gasteiger partial charge in [-0.05, 0) is 37.8 Å². The molecular formula is C16H23NO3. The summed E-state index contributed by atoms with van der Waals surface area (Å²) in [5.41, 5.74) is 5.81. The Morgan fingerprint density at radius 2 is 1.90 bits per heavy atom. The van der Waals surface area contributed by atoms with Crippen LogP contribution in [-0.2, 0) is 9.53 Å². The molecule has 1 fully saturated rings. The van der Waals surface area contributed by atoms with Gasteiger partial charge in [-0.1, -0.05) is 31.5 Å². The van der Waals surface area contributed by atoms with E-state index in [1.54, 1.807) is 0 Å². The number of esters is 1. The molecule has 0 spiro atoms. The molecule has 1 aromatic carbocycles. The van der Waals surface area contributed by atoms with Crippen LogP contribution in [0.3, 0.4) is 0 Å². The lowest BCUT2D eigenvalue weighted by Gasteiger charge is -2.29. The van der Waals surface area contributed by atoms with E-state index >= 15 is 0 Å². The second kappa shape index (κ2) is 6.75. The Balaban J connectivity index is 2.12. The number of para-hydroxylation sites is 1. The van der Waals surface area contributed by atoms with Gasteiger partial charge in [0, 0.05) is 0 Å². The lowest BCUT2D eigenvalue weighted by Crippen LogP contribution is -2.41. The zero-order chi connectivity index (χ0) is 14.5. The monoisotopic (exact) mass is 277 g/mol. The van der Waals surface area contributed by atoms with Crippen LogP contribution in [0.25, 0.3) is 0 Å². The number of nitrogens with two attached hydrogens (primary N) is 1. The maximum absolute atomic E-state index is 11.8. The number of carbonyl (C=O) groups excluding carboxylic acids is 1. The van der Waals surface area contributed by atoms with E-state index in [0.29, 0.717) is 12.3 Å². The largest absolute Gasteiger partial charge is 0.486 e. The summed E-state index contributed by atoms with van der Waals surface area (Å²) < 4.78 is 11.5. The fourth-order valence-corrected chi connectivity index (χ4v) is 2.61. The van der Waals surface area contributed by atoms with Crippen LogP contribution >= 0.6 is 0 Å². The van der Waals surface area contributed by atoms with Crippen molar-refractivity contribution in [3.8, 4) is 5.75 Å². The van der Waals surface area contributed by atoms with Crippen molar-refractivity contribution in [2.24, 2.45) is 11.7 Å². The number of rotatable bonds is 2. The van der Waals surface area contributed by atoms with Gasteiger partial charge in [0.25, 0.3) is 0 Å². The first kappa shape index (κ1) is 14.9. The first-order chi connectivity index (χ1) is 9.58. The fourth-order valence-electron chi connectivity index (χ4n) is 2.61. The minimum absolute atomic E-state index is 0.147. The maximum Gasteiger partial charge on any atom is 0.323 e. The van der Waals surface area contributed by atoms with Crippen molar-refractivity contribution >= 4 is 5.97 Å². The molecule has 4 heteroatoms.